The van der Waals surface area contributed by atoms with E-state index in [1.54, 1.807) is 0 Å². The molecule has 0 bridgehead atoms. The van der Waals surface area contributed by atoms with Gasteiger partial charge in [0.15, 0.2) is 0 Å². The van der Waals surface area contributed by atoms with Crippen LogP contribution in [0, 0.1) is 11.7 Å². The highest BCUT2D eigenvalue weighted by molar-refractivity contribution is 7.89. The van der Waals surface area contributed by atoms with Crippen molar-refractivity contribution in [2.45, 2.75) is 42.5 Å². The maximum atomic E-state index is 13.1. The molecule has 1 aromatic carbocycles. The van der Waals surface area contributed by atoms with Crippen LogP contribution in [-0.4, -0.2) is 36.5 Å². The molecule has 1 aromatic rings. The van der Waals surface area contributed by atoms with Gasteiger partial charge in [0.05, 0.1) is 5.02 Å². The predicted molar refractivity (Wildman–Crippen MR) is 81.7 cm³/mol. The standard InChI is InChI=1S/C15H19ClFNO3S/c16-13-9-12(17)1-2-14(13)22(20,21)18-8-7-15(18)5-3-11(10-19)4-6-15/h1-2,9,11,19H,3-8,10H2. The molecule has 1 aliphatic carbocycles. The SMILES string of the molecule is O=S(=O)(c1ccc(F)cc1Cl)N1CCC12CCC(CO)CC2. The normalized spacial score (nSPS) is 29.5. The Bertz CT molecular complexity index is 671. The first kappa shape index (κ1) is 16.2. The fourth-order valence-corrected chi connectivity index (χ4v) is 5.95. The lowest BCUT2D eigenvalue weighted by Crippen LogP contribution is -2.63. The Morgan fingerprint density at radius 2 is 2.00 bits per heavy atom. The van der Waals surface area contributed by atoms with Crippen LogP contribution in [0.2, 0.25) is 5.02 Å². The van der Waals surface area contributed by atoms with Crippen molar-refractivity contribution >= 4 is 21.6 Å². The Labute approximate surface area is 134 Å². The molecule has 1 saturated heterocycles. The number of nitrogens with zero attached hydrogens (tertiary/aromatic N) is 1. The van der Waals surface area contributed by atoms with Gasteiger partial charge >= 0.3 is 0 Å². The number of sulfonamides is 1. The first-order chi connectivity index (χ1) is 10.4. The monoisotopic (exact) mass is 347 g/mol. The zero-order chi connectivity index (χ0) is 16.0. The first-order valence-electron chi connectivity index (χ1n) is 7.48. The van der Waals surface area contributed by atoms with E-state index < -0.39 is 15.8 Å². The van der Waals surface area contributed by atoms with E-state index in [4.69, 9.17) is 11.6 Å². The van der Waals surface area contributed by atoms with Gasteiger partial charge in [-0.2, -0.15) is 4.31 Å². The lowest BCUT2D eigenvalue weighted by Gasteiger charge is -2.54. The highest BCUT2D eigenvalue weighted by Gasteiger charge is 2.52. The molecule has 7 heteroatoms. The summed E-state index contributed by atoms with van der Waals surface area (Å²) in [4.78, 5) is -0.0288. The number of benzene rings is 1. The third-order valence-corrected chi connectivity index (χ3v) is 7.55. The van der Waals surface area contributed by atoms with Crippen molar-refractivity contribution in [3.05, 3.63) is 29.0 Å². The quantitative estimate of drug-likeness (QED) is 0.914. The molecular formula is C15H19ClFNO3S. The predicted octanol–water partition coefficient (Wildman–Crippen LogP) is 2.79. The summed E-state index contributed by atoms with van der Waals surface area (Å²) < 4.78 is 40.3. The van der Waals surface area contributed by atoms with Crippen LogP contribution in [0.4, 0.5) is 4.39 Å². The largest absolute Gasteiger partial charge is 0.396 e. The molecule has 2 aliphatic rings. The maximum Gasteiger partial charge on any atom is 0.245 e. The second-order valence-corrected chi connectivity index (χ2v) is 8.49. The maximum absolute atomic E-state index is 13.1. The number of aliphatic hydroxyl groups is 1. The zero-order valence-corrected chi connectivity index (χ0v) is 13.7. The van der Waals surface area contributed by atoms with E-state index in [0.29, 0.717) is 6.54 Å². The molecule has 0 aromatic heterocycles. The molecule has 2 fully saturated rings. The van der Waals surface area contributed by atoms with Gasteiger partial charge in [0.25, 0.3) is 0 Å². The Hall–Kier alpha value is -0.690. The lowest BCUT2D eigenvalue weighted by atomic mass is 9.71. The summed E-state index contributed by atoms with van der Waals surface area (Å²) in [6, 6.07) is 3.38. The van der Waals surface area contributed by atoms with E-state index in [2.05, 4.69) is 0 Å². The summed E-state index contributed by atoms with van der Waals surface area (Å²) in [5.74, 6) is -0.282. The summed E-state index contributed by atoms with van der Waals surface area (Å²) in [5.41, 5.74) is -0.345. The van der Waals surface area contributed by atoms with E-state index >= 15 is 0 Å². The summed E-state index contributed by atoms with van der Waals surface area (Å²) >= 11 is 5.93. The van der Waals surface area contributed by atoms with E-state index in [1.165, 1.54) is 10.4 Å². The average Bonchev–Trinajstić information content (AvgIpc) is 2.45. The van der Waals surface area contributed by atoms with E-state index in [1.807, 2.05) is 0 Å². The summed E-state index contributed by atoms with van der Waals surface area (Å²) in [6.07, 6.45) is 4.02. The van der Waals surface area contributed by atoms with Crippen molar-refractivity contribution in [1.82, 2.24) is 4.31 Å². The number of hydrogen-bond donors (Lipinski definition) is 1. The lowest BCUT2D eigenvalue weighted by molar-refractivity contribution is 0.00963. The van der Waals surface area contributed by atoms with Crippen molar-refractivity contribution in [1.29, 1.82) is 0 Å². The second-order valence-electron chi connectivity index (χ2n) is 6.25. The van der Waals surface area contributed by atoms with E-state index in [0.717, 1.165) is 44.2 Å². The molecule has 3 rings (SSSR count). The summed E-state index contributed by atoms with van der Waals surface area (Å²) in [6.45, 7) is 0.631. The van der Waals surface area contributed by atoms with Gasteiger partial charge in [-0.1, -0.05) is 11.6 Å². The fraction of sp³-hybridized carbons (Fsp3) is 0.600. The van der Waals surface area contributed by atoms with Crippen molar-refractivity contribution in [2.75, 3.05) is 13.2 Å². The molecule has 0 atom stereocenters. The molecule has 22 heavy (non-hydrogen) atoms. The molecule has 1 saturated carbocycles. The minimum absolute atomic E-state index is 0.0288. The topological polar surface area (TPSA) is 57.6 Å². The molecular weight excluding hydrogens is 329 g/mol. The molecule has 1 heterocycles. The van der Waals surface area contributed by atoms with Crippen molar-refractivity contribution < 1.29 is 17.9 Å². The molecule has 0 amide bonds. The highest BCUT2D eigenvalue weighted by Crippen LogP contribution is 2.47. The van der Waals surface area contributed by atoms with Crippen molar-refractivity contribution in [3.63, 3.8) is 0 Å². The van der Waals surface area contributed by atoms with E-state index in [9.17, 15) is 17.9 Å². The Kier molecular flexibility index (Phi) is 4.22. The third-order valence-electron chi connectivity index (χ3n) is 5.07. The second kappa shape index (κ2) is 5.74. The highest BCUT2D eigenvalue weighted by atomic mass is 35.5. The first-order valence-corrected chi connectivity index (χ1v) is 9.30. The van der Waals surface area contributed by atoms with Crippen LogP contribution in [0.3, 0.4) is 0 Å². The van der Waals surface area contributed by atoms with Gasteiger partial charge in [-0.25, -0.2) is 12.8 Å². The van der Waals surface area contributed by atoms with Gasteiger partial charge in [0.2, 0.25) is 10.0 Å². The fourth-order valence-electron chi connectivity index (χ4n) is 3.59. The molecule has 1 aliphatic heterocycles. The summed E-state index contributed by atoms with van der Waals surface area (Å²) in [7, 11) is -3.71. The number of hydrogen-bond acceptors (Lipinski definition) is 3. The van der Waals surface area contributed by atoms with Gasteiger partial charge in [0.1, 0.15) is 10.7 Å². The minimum Gasteiger partial charge on any atom is -0.396 e. The van der Waals surface area contributed by atoms with Crippen LogP contribution < -0.4 is 0 Å². The van der Waals surface area contributed by atoms with Gasteiger partial charge < -0.3 is 5.11 Å². The molecule has 1 spiro atoms. The van der Waals surface area contributed by atoms with Crippen LogP contribution in [0.1, 0.15) is 32.1 Å². The van der Waals surface area contributed by atoms with Gasteiger partial charge in [-0.15, -0.1) is 0 Å². The summed E-state index contributed by atoms with van der Waals surface area (Å²) in [5, 5.41) is 9.16. The smallest absolute Gasteiger partial charge is 0.245 e. The number of halogens is 2. The Morgan fingerprint density at radius 1 is 1.32 bits per heavy atom. The van der Waals surface area contributed by atoms with Crippen LogP contribution in [0.5, 0.6) is 0 Å². The zero-order valence-electron chi connectivity index (χ0n) is 12.1. The molecule has 0 unspecified atom stereocenters. The minimum atomic E-state index is -3.71. The molecule has 1 N–H and O–H groups in total. The van der Waals surface area contributed by atoms with Crippen LogP contribution in [0.25, 0.3) is 0 Å². The number of aliphatic hydroxyl groups excluding tert-OH is 1. The molecule has 0 radical (unpaired) electrons. The van der Waals surface area contributed by atoms with Crippen molar-refractivity contribution in [2.24, 2.45) is 5.92 Å². The van der Waals surface area contributed by atoms with Crippen LogP contribution in [-0.2, 0) is 10.0 Å². The van der Waals surface area contributed by atoms with Crippen LogP contribution in [0.15, 0.2) is 23.1 Å². The van der Waals surface area contributed by atoms with Crippen molar-refractivity contribution in [3.8, 4) is 0 Å². The average molecular weight is 348 g/mol. The Balaban J connectivity index is 1.87. The van der Waals surface area contributed by atoms with Gasteiger partial charge in [-0.05, 0) is 56.2 Å². The van der Waals surface area contributed by atoms with E-state index in [-0.39, 0.29) is 28.0 Å². The van der Waals surface area contributed by atoms with Crippen LogP contribution >= 0.6 is 11.6 Å². The third kappa shape index (κ3) is 2.56. The molecule has 4 nitrogen and oxygen atoms in total. The van der Waals surface area contributed by atoms with Gasteiger partial charge in [-0.3, -0.25) is 0 Å². The molecule has 122 valence electrons. The van der Waals surface area contributed by atoms with Gasteiger partial charge in [0, 0.05) is 18.7 Å². The number of rotatable bonds is 3. The Morgan fingerprint density at radius 3 is 2.50 bits per heavy atom.